The first-order valence-electron chi connectivity index (χ1n) is 7.56. The van der Waals surface area contributed by atoms with Gasteiger partial charge in [0.25, 0.3) is 5.91 Å². The molecule has 1 heterocycles. The van der Waals surface area contributed by atoms with Crippen molar-refractivity contribution >= 4 is 23.6 Å². The number of amides is 2. The van der Waals surface area contributed by atoms with E-state index in [1.807, 2.05) is 39.1 Å². The number of aromatic nitrogens is 3. The van der Waals surface area contributed by atoms with Gasteiger partial charge in [0.15, 0.2) is 11.0 Å². The molecule has 0 aliphatic carbocycles. The van der Waals surface area contributed by atoms with Crippen LogP contribution in [0.2, 0.25) is 0 Å². The number of hydrogen-bond donors (Lipinski definition) is 2. The highest BCUT2D eigenvalue weighted by atomic mass is 32.2. The maximum Gasteiger partial charge on any atom is 0.251 e. The van der Waals surface area contributed by atoms with E-state index in [1.165, 1.54) is 11.8 Å². The molecule has 8 heteroatoms. The Morgan fingerprint density at radius 3 is 2.50 bits per heavy atom. The normalized spacial score (nSPS) is 12.2. The lowest BCUT2D eigenvalue weighted by molar-refractivity contribution is -0.115. The molecule has 2 aromatic rings. The Hall–Kier alpha value is -2.35. The fourth-order valence-corrected chi connectivity index (χ4v) is 2.86. The number of hydrogen-bond acceptors (Lipinski definition) is 5. The quantitative estimate of drug-likeness (QED) is 0.739. The van der Waals surface area contributed by atoms with Crippen molar-refractivity contribution in [2.45, 2.75) is 25.0 Å². The molecule has 128 valence electrons. The monoisotopic (exact) mass is 347 g/mol. The van der Waals surface area contributed by atoms with Crippen LogP contribution in [0.5, 0.6) is 0 Å². The Labute approximate surface area is 145 Å². The zero-order valence-corrected chi connectivity index (χ0v) is 14.7. The molecule has 1 aromatic carbocycles. The maximum absolute atomic E-state index is 12.4. The minimum atomic E-state index is -0.415. The lowest BCUT2D eigenvalue weighted by Gasteiger charge is -2.21. The summed E-state index contributed by atoms with van der Waals surface area (Å²) >= 11 is 1.22. The predicted octanol–water partition coefficient (Wildman–Crippen LogP) is 1.52. The largest absolute Gasteiger partial charge is 0.369 e. The zero-order chi connectivity index (χ0) is 17.7. The van der Waals surface area contributed by atoms with Gasteiger partial charge in [-0.3, -0.25) is 9.59 Å². The average Bonchev–Trinajstić information content (AvgIpc) is 2.91. The molecule has 2 rings (SSSR count). The van der Waals surface area contributed by atoms with E-state index in [9.17, 15) is 9.59 Å². The van der Waals surface area contributed by atoms with Gasteiger partial charge in [0.2, 0.25) is 5.91 Å². The first kappa shape index (κ1) is 18.0. The molecule has 0 aliphatic heterocycles. The van der Waals surface area contributed by atoms with Gasteiger partial charge in [-0.05, 0) is 18.1 Å². The summed E-state index contributed by atoms with van der Waals surface area (Å²) in [5, 5.41) is 11.9. The first-order chi connectivity index (χ1) is 11.4. The van der Waals surface area contributed by atoms with E-state index < -0.39 is 5.91 Å². The molecule has 1 atom stereocenters. The van der Waals surface area contributed by atoms with Crippen LogP contribution < -0.4 is 11.1 Å². The molecule has 1 aromatic heterocycles. The van der Waals surface area contributed by atoms with Gasteiger partial charge in [0, 0.05) is 12.6 Å². The number of rotatable bonds is 7. The Bertz CT molecular complexity index is 715. The van der Waals surface area contributed by atoms with Gasteiger partial charge < -0.3 is 15.6 Å². The molecule has 7 nitrogen and oxygen atoms in total. The summed E-state index contributed by atoms with van der Waals surface area (Å²) in [5.74, 6) is 0.316. The van der Waals surface area contributed by atoms with Crippen molar-refractivity contribution < 1.29 is 9.59 Å². The number of nitrogens with one attached hydrogen (secondary N) is 1. The number of carbonyl (C=O) groups is 2. The SMILES string of the molecule is CC(C)[C@H](NC(=O)c1ccccc1)c1nnc(SCC(N)=O)n1C. The van der Waals surface area contributed by atoms with Crippen LogP contribution in [0.4, 0.5) is 0 Å². The number of thioether (sulfide) groups is 1. The van der Waals surface area contributed by atoms with Gasteiger partial charge in [-0.2, -0.15) is 0 Å². The van der Waals surface area contributed by atoms with Crippen LogP contribution in [0.1, 0.15) is 36.1 Å². The summed E-state index contributed by atoms with van der Waals surface area (Å²) < 4.78 is 1.78. The van der Waals surface area contributed by atoms with Crippen LogP contribution >= 0.6 is 11.8 Å². The van der Waals surface area contributed by atoms with E-state index in [2.05, 4.69) is 15.5 Å². The highest BCUT2D eigenvalue weighted by molar-refractivity contribution is 7.99. The molecule has 0 bridgehead atoms. The lowest BCUT2D eigenvalue weighted by Crippen LogP contribution is -2.33. The van der Waals surface area contributed by atoms with E-state index in [0.29, 0.717) is 16.5 Å². The standard InChI is InChI=1S/C16H21N5O2S/c1-10(2)13(18-15(23)11-7-5-4-6-8-11)14-19-20-16(21(14)3)24-9-12(17)22/h4-8,10,13H,9H2,1-3H3,(H2,17,22)(H,18,23)/t13-/m0/s1. The second kappa shape index (κ2) is 7.96. The second-order valence-corrected chi connectivity index (χ2v) is 6.66. The summed E-state index contributed by atoms with van der Waals surface area (Å²) in [6.07, 6.45) is 0. The third-order valence-electron chi connectivity index (χ3n) is 3.48. The summed E-state index contributed by atoms with van der Waals surface area (Å²) in [7, 11) is 1.81. The van der Waals surface area contributed by atoms with Gasteiger partial charge in [0.1, 0.15) is 0 Å². The molecule has 2 amide bonds. The maximum atomic E-state index is 12.4. The third-order valence-corrected chi connectivity index (χ3v) is 4.52. The highest BCUT2D eigenvalue weighted by Crippen LogP contribution is 2.24. The van der Waals surface area contributed by atoms with Crippen molar-refractivity contribution in [2.24, 2.45) is 18.7 Å². The van der Waals surface area contributed by atoms with Gasteiger partial charge >= 0.3 is 0 Å². The molecular formula is C16H21N5O2S. The number of carbonyl (C=O) groups excluding carboxylic acids is 2. The Kier molecular flexibility index (Phi) is 5.97. The highest BCUT2D eigenvalue weighted by Gasteiger charge is 2.25. The summed E-state index contributed by atoms with van der Waals surface area (Å²) in [4.78, 5) is 23.4. The molecule has 0 radical (unpaired) electrons. The number of benzene rings is 1. The first-order valence-corrected chi connectivity index (χ1v) is 8.55. The fourth-order valence-electron chi connectivity index (χ4n) is 2.20. The lowest BCUT2D eigenvalue weighted by atomic mass is 10.0. The van der Waals surface area contributed by atoms with E-state index in [1.54, 1.807) is 16.7 Å². The van der Waals surface area contributed by atoms with Crippen molar-refractivity contribution in [1.82, 2.24) is 20.1 Å². The van der Waals surface area contributed by atoms with Gasteiger partial charge in [-0.1, -0.05) is 43.8 Å². The molecule has 3 N–H and O–H groups in total. The van der Waals surface area contributed by atoms with Gasteiger partial charge in [-0.15, -0.1) is 10.2 Å². The number of nitrogens with two attached hydrogens (primary N) is 1. The summed E-state index contributed by atoms with van der Waals surface area (Å²) in [5.41, 5.74) is 5.75. The third kappa shape index (κ3) is 4.35. The van der Waals surface area contributed by atoms with Crippen molar-refractivity contribution in [3.63, 3.8) is 0 Å². The van der Waals surface area contributed by atoms with Crippen molar-refractivity contribution in [2.75, 3.05) is 5.75 Å². The molecule has 0 fully saturated rings. The predicted molar refractivity (Wildman–Crippen MR) is 92.4 cm³/mol. The van der Waals surface area contributed by atoms with Crippen molar-refractivity contribution in [3.05, 3.63) is 41.7 Å². The molecule has 0 spiro atoms. The van der Waals surface area contributed by atoms with E-state index in [4.69, 9.17) is 5.73 Å². The zero-order valence-electron chi connectivity index (χ0n) is 13.9. The minimum Gasteiger partial charge on any atom is -0.369 e. The number of primary amides is 1. The van der Waals surface area contributed by atoms with E-state index in [0.717, 1.165) is 0 Å². The average molecular weight is 347 g/mol. The molecule has 0 unspecified atom stereocenters. The van der Waals surface area contributed by atoms with Crippen LogP contribution in [0.3, 0.4) is 0 Å². The topological polar surface area (TPSA) is 103 Å². The molecule has 0 aliphatic rings. The fraction of sp³-hybridized carbons (Fsp3) is 0.375. The van der Waals surface area contributed by atoms with Crippen LogP contribution in [0, 0.1) is 5.92 Å². The van der Waals surface area contributed by atoms with Gasteiger partial charge in [0.05, 0.1) is 11.8 Å². The minimum absolute atomic E-state index is 0.120. The van der Waals surface area contributed by atoms with Crippen LogP contribution in [-0.4, -0.2) is 32.3 Å². The summed E-state index contributed by atoms with van der Waals surface area (Å²) in [6, 6.07) is 8.73. The van der Waals surface area contributed by atoms with Crippen LogP contribution in [-0.2, 0) is 11.8 Å². The summed E-state index contributed by atoms with van der Waals surface area (Å²) in [6.45, 7) is 4.00. The van der Waals surface area contributed by atoms with Gasteiger partial charge in [-0.25, -0.2) is 0 Å². The Morgan fingerprint density at radius 2 is 1.92 bits per heavy atom. The number of nitrogens with zero attached hydrogens (tertiary/aromatic N) is 3. The molecule has 0 saturated heterocycles. The van der Waals surface area contributed by atoms with Crippen molar-refractivity contribution in [1.29, 1.82) is 0 Å². The van der Waals surface area contributed by atoms with E-state index >= 15 is 0 Å². The Balaban J connectivity index is 2.19. The smallest absolute Gasteiger partial charge is 0.251 e. The van der Waals surface area contributed by atoms with Crippen LogP contribution in [0.15, 0.2) is 35.5 Å². The second-order valence-electron chi connectivity index (χ2n) is 5.72. The van der Waals surface area contributed by atoms with E-state index in [-0.39, 0.29) is 23.6 Å². The molecule has 24 heavy (non-hydrogen) atoms. The van der Waals surface area contributed by atoms with Crippen molar-refractivity contribution in [3.8, 4) is 0 Å². The Morgan fingerprint density at radius 1 is 1.25 bits per heavy atom. The molecule has 0 saturated carbocycles. The molecular weight excluding hydrogens is 326 g/mol. The van der Waals surface area contributed by atoms with Crippen LogP contribution in [0.25, 0.3) is 0 Å².